The molecule has 1 amide bonds. The lowest BCUT2D eigenvalue weighted by molar-refractivity contribution is 0.0172. The largest absolute Gasteiger partial charge is 0.444 e. The SMILES string of the molecule is CC(C)(C)OC(=O)N1CC2NC(C1)C1CC21. The van der Waals surface area contributed by atoms with Crippen LogP contribution in [0.5, 0.6) is 0 Å². The number of hydrogen-bond donors (Lipinski definition) is 1. The molecule has 4 unspecified atom stereocenters. The van der Waals surface area contributed by atoms with Crippen LogP contribution in [0.4, 0.5) is 4.79 Å². The summed E-state index contributed by atoms with van der Waals surface area (Å²) in [4.78, 5) is 13.8. The highest BCUT2D eigenvalue weighted by atomic mass is 16.6. The van der Waals surface area contributed by atoms with Gasteiger partial charge in [0.1, 0.15) is 5.60 Å². The summed E-state index contributed by atoms with van der Waals surface area (Å²) in [5.74, 6) is 1.66. The number of piperazine rings is 1. The number of carbonyl (C=O) groups is 1. The van der Waals surface area contributed by atoms with Crippen molar-refractivity contribution in [3.63, 3.8) is 0 Å². The van der Waals surface area contributed by atoms with Crippen molar-refractivity contribution in [3.05, 3.63) is 0 Å². The Balaban J connectivity index is 1.63. The van der Waals surface area contributed by atoms with E-state index in [-0.39, 0.29) is 11.7 Å². The molecular weight excluding hydrogens is 204 g/mol. The summed E-state index contributed by atoms with van der Waals surface area (Å²) in [5, 5.41) is 3.59. The minimum Gasteiger partial charge on any atom is -0.444 e. The Morgan fingerprint density at radius 1 is 1.25 bits per heavy atom. The number of fused-ring (bicyclic) bond motifs is 5. The van der Waals surface area contributed by atoms with Gasteiger partial charge in [0.2, 0.25) is 0 Å². The second-order valence-corrected chi connectivity index (χ2v) is 6.33. The quantitative estimate of drug-likeness (QED) is 0.672. The van der Waals surface area contributed by atoms with Gasteiger partial charge in [0, 0.05) is 25.2 Å². The van der Waals surface area contributed by atoms with E-state index >= 15 is 0 Å². The Hall–Kier alpha value is -0.770. The molecule has 0 radical (unpaired) electrons. The van der Waals surface area contributed by atoms with Gasteiger partial charge in [-0.3, -0.25) is 0 Å². The maximum atomic E-state index is 11.9. The lowest BCUT2D eigenvalue weighted by Crippen LogP contribution is -2.56. The smallest absolute Gasteiger partial charge is 0.410 e. The summed E-state index contributed by atoms with van der Waals surface area (Å²) >= 11 is 0. The number of nitrogens with one attached hydrogen (secondary N) is 1. The van der Waals surface area contributed by atoms with E-state index in [1.807, 2.05) is 25.7 Å². The van der Waals surface area contributed by atoms with E-state index in [0.29, 0.717) is 12.1 Å². The molecule has 4 atom stereocenters. The number of rotatable bonds is 0. The predicted molar refractivity (Wildman–Crippen MR) is 60.1 cm³/mol. The second-order valence-electron chi connectivity index (χ2n) is 6.33. The number of piperidine rings is 1. The highest BCUT2D eigenvalue weighted by Gasteiger charge is 2.57. The van der Waals surface area contributed by atoms with Crippen LogP contribution in [0.15, 0.2) is 0 Å². The number of likely N-dealkylation sites (tertiary alicyclic amines) is 1. The van der Waals surface area contributed by atoms with Crippen LogP contribution in [0.3, 0.4) is 0 Å². The first-order valence-electron chi connectivity index (χ1n) is 6.18. The van der Waals surface area contributed by atoms with Crippen LogP contribution in [0.2, 0.25) is 0 Å². The molecular formula is C12H20N2O2. The summed E-state index contributed by atoms with van der Waals surface area (Å²) in [6.07, 6.45) is 1.22. The minimum atomic E-state index is -0.385. The molecule has 3 aliphatic rings. The van der Waals surface area contributed by atoms with E-state index in [2.05, 4.69) is 5.32 Å². The van der Waals surface area contributed by atoms with Crippen molar-refractivity contribution in [1.29, 1.82) is 0 Å². The van der Waals surface area contributed by atoms with Crippen LogP contribution in [0, 0.1) is 11.8 Å². The third-order valence-corrected chi connectivity index (χ3v) is 3.84. The predicted octanol–water partition coefficient (Wildman–Crippen LogP) is 1.21. The van der Waals surface area contributed by atoms with Crippen molar-refractivity contribution in [1.82, 2.24) is 10.2 Å². The lowest BCUT2D eigenvalue weighted by Gasteiger charge is -2.36. The summed E-state index contributed by atoms with van der Waals surface area (Å²) < 4.78 is 5.41. The van der Waals surface area contributed by atoms with Gasteiger partial charge in [0.15, 0.2) is 0 Å². The van der Waals surface area contributed by atoms with Crippen LogP contribution in [0.25, 0.3) is 0 Å². The number of nitrogens with zero attached hydrogens (tertiary/aromatic N) is 1. The summed E-state index contributed by atoms with van der Waals surface area (Å²) in [6, 6.07) is 1.05. The van der Waals surface area contributed by atoms with Crippen molar-refractivity contribution in [2.24, 2.45) is 11.8 Å². The molecule has 2 heterocycles. The molecule has 0 aromatic rings. The average molecular weight is 224 g/mol. The van der Waals surface area contributed by atoms with E-state index in [0.717, 1.165) is 24.9 Å². The summed E-state index contributed by atoms with van der Waals surface area (Å²) in [7, 11) is 0. The van der Waals surface area contributed by atoms with E-state index in [4.69, 9.17) is 4.74 Å². The first-order valence-corrected chi connectivity index (χ1v) is 6.18. The Morgan fingerprint density at radius 3 is 2.31 bits per heavy atom. The third-order valence-electron chi connectivity index (χ3n) is 3.84. The van der Waals surface area contributed by atoms with Crippen molar-refractivity contribution < 1.29 is 9.53 Å². The van der Waals surface area contributed by atoms with Crippen LogP contribution in [-0.4, -0.2) is 41.8 Å². The minimum absolute atomic E-state index is 0.148. The van der Waals surface area contributed by atoms with Gasteiger partial charge in [-0.2, -0.15) is 0 Å². The van der Waals surface area contributed by atoms with E-state index in [1.54, 1.807) is 0 Å². The van der Waals surface area contributed by atoms with Crippen LogP contribution >= 0.6 is 0 Å². The maximum absolute atomic E-state index is 11.9. The number of carbonyl (C=O) groups excluding carboxylic acids is 1. The highest BCUT2D eigenvalue weighted by Crippen LogP contribution is 2.50. The van der Waals surface area contributed by atoms with Gasteiger partial charge < -0.3 is 15.0 Å². The fraction of sp³-hybridized carbons (Fsp3) is 0.917. The number of amides is 1. The Morgan fingerprint density at radius 2 is 1.81 bits per heavy atom. The molecule has 2 bridgehead atoms. The van der Waals surface area contributed by atoms with Crippen molar-refractivity contribution >= 4 is 6.09 Å². The summed E-state index contributed by atoms with van der Waals surface area (Å²) in [6.45, 7) is 7.40. The monoisotopic (exact) mass is 224 g/mol. The molecule has 1 N–H and O–H groups in total. The van der Waals surface area contributed by atoms with Crippen LogP contribution in [-0.2, 0) is 4.74 Å². The topological polar surface area (TPSA) is 41.6 Å². The van der Waals surface area contributed by atoms with E-state index in [9.17, 15) is 4.79 Å². The van der Waals surface area contributed by atoms with Crippen molar-refractivity contribution in [2.45, 2.75) is 44.9 Å². The fourth-order valence-corrected chi connectivity index (χ4v) is 3.08. The van der Waals surface area contributed by atoms with Gasteiger partial charge in [-0.25, -0.2) is 4.79 Å². The van der Waals surface area contributed by atoms with E-state index in [1.165, 1.54) is 6.42 Å². The maximum Gasteiger partial charge on any atom is 0.410 e. The second kappa shape index (κ2) is 3.13. The molecule has 0 aromatic carbocycles. The molecule has 90 valence electrons. The average Bonchev–Trinajstić information content (AvgIpc) is 2.89. The first-order chi connectivity index (χ1) is 7.44. The molecule has 3 fully saturated rings. The zero-order chi connectivity index (χ0) is 11.5. The molecule has 2 saturated heterocycles. The zero-order valence-electron chi connectivity index (χ0n) is 10.2. The lowest BCUT2D eigenvalue weighted by atomic mass is 10.1. The first kappa shape index (κ1) is 10.4. The molecule has 2 aliphatic heterocycles. The normalized spacial score (nSPS) is 40.6. The molecule has 1 saturated carbocycles. The van der Waals surface area contributed by atoms with Gasteiger partial charge in [0.05, 0.1) is 0 Å². The standard InChI is InChI=1S/C12H20N2O2/c1-12(2,3)16-11(15)14-5-9-7-4-8(7)10(6-14)13-9/h7-10,13H,4-6H2,1-3H3. The van der Waals surface area contributed by atoms with Gasteiger partial charge >= 0.3 is 6.09 Å². The van der Waals surface area contributed by atoms with Gasteiger partial charge in [-0.1, -0.05) is 0 Å². The molecule has 3 rings (SSSR count). The Labute approximate surface area is 96.3 Å². The zero-order valence-corrected chi connectivity index (χ0v) is 10.2. The molecule has 1 aliphatic carbocycles. The van der Waals surface area contributed by atoms with Gasteiger partial charge in [-0.05, 0) is 39.0 Å². The third kappa shape index (κ3) is 1.69. The Bertz CT molecular complexity index is 307. The molecule has 0 aromatic heterocycles. The number of hydrogen-bond acceptors (Lipinski definition) is 3. The highest BCUT2D eigenvalue weighted by molar-refractivity contribution is 5.68. The molecule has 4 heteroatoms. The number of ether oxygens (including phenoxy) is 1. The van der Waals surface area contributed by atoms with Crippen LogP contribution in [0.1, 0.15) is 27.2 Å². The van der Waals surface area contributed by atoms with Crippen molar-refractivity contribution in [3.8, 4) is 0 Å². The fourth-order valence-electron chi connectivity index (χ4n) is 3.08. The van der Waals surface area contributed by atoms with Gasteiger partial charge in [0.25, 0.3) is 0 Å². The van der Waals surface area contributed by atoms with Crippen LogP contribution < -0.4 is 5.32 Å². The molecule has 16 heavy (non-hydrogen) atoms. The van der Waals surface area contributed by atoms with E-state index < -0.39 is 0 Å². The van der Waals surface area contributed by atoms with Gasteiger partial charge in [-0.15, -0.1) is 0 Å². The summed E-state index contributed by atoms with van der Waals surface area (Å²) in [5.41, 5.74) is -0.385. The van der Waals surface area contributed by atoms with Crippen molar-refractivity contribution in [2.75, 3.05) is 13.1 Å². The molecule has 0 spiro atoms. The molecule has 4 nitrogen and oxygen atoms in total. The Kier molecular flexibility index (Phi) is 2.03.